The number of urea groups is 1. The average Bonchev–Trinajstić information content (AvgIpc) is 2.62. The van der Waals surface area contributed by atoms with Gasteiger partial charge in [0.05, 0.1) is 6.54 Å². The Morgan fingerprint density at radius 3 is 2.59 bits per heavy atom. The van der Waals surface area contributed by atoms with E-state index in [9.17, 15) is 14.7 Å². The molecule has 0 unspecified atom stereocenters. The van der Waals surface area contributed by atoms with Gasteiger partial charge in [0.15, 0.2) is 0 Å². The molecule has 1 aliphatic rings. The van der Waals surface area contributed by atoms with Crippen molar-refractivity contribution in [1.29, 1.82) is 0 Å². The van der Waals surface area contributed by atoms with E-state index < -0.39 is 17.7 Å². The Labute approximate surface area is 130 Å². The van der Waals surface area contributed by atoms with E-state index in [4.69, 9.17) is 4.74 Å². The van der Waals surface area contributed by atoms with Crippen LogP contribution in [0.4, 0.5) is 4.79 Å². The summed E-state index contributed by atoms with van der Waals surface area (Å²) in [5.74, 6) is 0.347. The second-order valence-electron chi connectivity index (χ2n) is 6.20. The normalized spacial score (nSPS) is 18.3. The lowest BCUT2D eigenvalue weighted by molar-refractivity contribution is -0.131. The number of nitrogens with zero attached hydrogens (tertiary/aromatic N) is 1. The second kappa shape index (κ2) is 5.96. The quantitative estimate of drug-likeness (QED) is 0.805. The number of β-amino-alcohol motifs (C(OH)–C–C–N with tert-alkyl or cyclic N) is 1. The molecule has 1 heterocycles. The number of hydrogen-bond donors (Lipinski definition) is 2. The molecule has 2 rings (SSSR count). The van der Waals surface area contributed by atoms with Gasteiger partial charge in [-0.2, -0.15) is 0 Å². The molecule has 1 fully saturated rings. The summed E-state index contributed by atoms with van der Waals surface area (Å²) in [6.07, 6.45) is -0.941. The van der Waals surface area contributed by atoms with E-state index in [1.54, 1.807) is 13.8 Å². The highest BCUT2D eigenvalue weighted by Gasteiger charge is 2.44. The number of aliphatic hydroxyl groups is 1. The van der Waals surface area contributed by atoms with E-state index in [1.807, 2.05) is 32.0 Å². The molecule has 0 aliphatic carbocycles. The van der Waals surface area contributed by atoms with E-state index >= 15 is 0 Å². The monoisotopic (exact) mass is 306 g/mol. The lowest BCUT2D eigenvalue weighted by Gasteiger charge is -2.20. The van der Waals surface area contributed by atoms with Gasteiger partial charge < -0.3 is 15.2 Å². The number of carbonyl (C=O) groups excluding carboxylic acids is 2. The molecule has 120 valence electrons. The van der Waals surface area contributed by atoms with Crippen molar-refractivity contribution in [3.8, 4) is 5.75 Å². The van der Waals surface area contributed by atoms with Crippen molar-refractivity contribution in [2.45, 2.75) is 39.3 Å². The SMILES string of the molecule is Cc1ccc(C)c(OC[C@H](O)CN2C(=O)NC(C)(C)C2=O)c1. The highest BCUT2D eigenvalue weighted by molar-refractivity contribution is 6.06. The summed E-state index contributed by atoms with van der Waals surface area (Å²) in [5.41, 5.74) is 1.10. The summed E-state index contributed by atoms with van der Waals surface area (Å²) in [7, 11) is 0. The number of benzene rings is 1. The molecule has 1 saturated heterocycles. The van der Waals surface area contributed by atoms with Crippen molar-refractivity contribution in [3.05, 3.63) is 29.3 Å². The Kier molecular flexibility index (Phi) is 4.42. The smallest absolute Gasteiger partial charge is 0.325 e. The van der Waals surface area contributed by atoms with Gasteiger partial charge in [-0.25, -0.2) is 4.79 Å². The number of rotatable bonds is 5. The summed E-state index contributed by atoms with van der Waals surface area (Å²) in [4.78, 5) is 24.8. The maximum Gasteiger partial charge on any atom is 0.325 e. The van der Waals surface area contributed by atoms with Crippen LogP contribution in [0.15, 0.2) is 18.2 Å². The van der Waals surface area contributed by atoms with E-state index in [2.05, 4.69) is 5.32 Å². The molecule has 1 aromatic rings. The summed E-state index contributed by atoms with van der Waals surface area (Å²) in [6.45, 7) is 7.07. The largest absolute Gasteiger partial charge is 0.491 e. The van der Waals surface area contributed by atoms with Crippen LogP contribution in [0.5, 0.6) is 5.75 Å². The topological polar surface area (TPSA) is 78.9 Å². The van der Waals surface area contributed by atoms with Crippen LogP contribution < -0.4 is 10.1 Å². The molecule has 1 aliphatic heterocycles. The summed E-state index contributed by atoms with van der Waals surface area (Å²) < 4.78 is 5.59. The number of hydrogen-bond acceptors (Lipinski definition) is 4. The Morgan fingerprint density at radius 1 is 1.32 bits per heavy atom. The van der Waals surface area contributed by atoms with Gasteiger partial charge in [-0.15, -0.1) is 0 Å². The van der Waals surface area contributed by atoms with E-state index in [0.29, 0.717) is 5.75 Å². The predicted octanol–water partition coefficient (Wildman–Crippen LogP) is 1.37. The molecule has 1 atom stereocenters. The number of amides is 3. The zero-order valence-electron chi connectivity index (χ0n) is 13.3. The molecule has 1 aromatic carbocycles. The first-order valence-electron chi connectivity index (χ1n) is 7.23. The molecule has 6 heteroatoms. The van der Waals surface area contributed by atoms with Gasteiger partial charge in [-0.1, -0.05) is 12.1 Å². The zero-order chi connectivity index (χ0) is 16.5. The third kappa shape index (κ3) is 3.39. The third-order valence-electron chi connectivity index (χ3n) is 3.61. The first-order valence-corrected chi connectivity index (χ1v) is 7.23. The van der Waals surface area contributed by atoms with Gasteiger partial charge in [0.25, 0.3) is 5.91 Å². The molecule has 0 aromatic heterocycles. The predicted molar refractivity (Wildman–Crippen MR) is 81.7 cm³/mol. The van der Waals surface area contributed by atoms with Gasteiger partial charge in [0, 0.05) is 0 Å². The van der Waals surface area contributed by atoms with Crippen LogP contribution in [0.3, 0.4) is 0 Å². The lowest BCUT2D eigenvalue weighted by atomic mass is 10.1. The standard InChI is InChI=1S/C16H22N2O4/c1-10-5-6-11(2)13(7-10)22-9-12(19)8-18-14(20)16(3,4)17-15(18)21/h5-7,12,19H,8-9H2,1-4H3,(H,17,21)/t12-/m1/s1. The van der Waals surface area contributed by atoms with Crippen LogP contribution >= 0.6 is 0 Å². The number of aryl methyl sites for hydroxylation is 2. The van der Waals surface area contributed by atoms with E-state index in [1.165, 1.54) is 0 Å². The lowest BCUT2D eigenvalue weighted by Crippen LogP contribution is -2.42. The van der Waals surface area contributed by atoms with Gasteiger partial charge in [0.2, 0.25) is 0 Å². The molecule has 0 spiro atoms. The maximum atomic E-state index is 12.0. The van der Waals surface area contributed by atoms with Gasteiger partial charge in [-0.3, -0.25) is 9.69 Å². The number of imide groups is 1. The number of ether oxygens (including phenoxy) is 1. The van der Waals surface area contributed by atoms with E-state index in [-0.39, 0.29) is 19.1 Å². The molecule has 22 heavy (non-hydrogen) atoms. The molecule has 0 saturated carbocycles. The molecular weight excluding hydrogens is 284 g/mol. The van der Waals surface area contributed by atoms with Gasteiger partial charge >= 0.3 is 6.03 Å². The van der Waals surface area contributed by atoms with Gasteiger partial charge in [-0.05, 0) is 44.9 Å². The Hall–Kier alpha value is -2.08. The van der Waals surface area contributed by atoms with Gasteiger partial charge in [0.1, 0.15) is 24.0 Å². The first kappa shape index (κ1) is 16.3. The first-order chi connectivity index (χ1) is 10.2. The Morgan fingerprint density at radius 2 is 2.00 bits per heavy atom. The summed E-state index contributed by atoms with van der Waals surface area (Å²) in [5, 5.41) is 12.6. The van der Waals surface area contributed by atoms with Crippen LogP contribution in [-0.4, -0.2) is 46.7 Å². The second-order valence-corrected chi connectivity index (χ2v) is 6.20. The van der Waals surface area contributed by atoms with Crippen LogP contribution in [0.1, 0.15) is 25.0 Å². The van der Waals surface area contributed by atoms with Crippen LogP contribution in [0.25, 0.3) is 0 Å². The summed E-state index contributed by atoms with van der Waals surface area (Å²) >= 11 is 0. The van der Waals surface area contributed by atoms with Crippen LogP contribution in [0.2, 0.25) is 0 Å². The fourth-order valence-corrected chi connectivity index (χ4v) is 2.30. The number of nitrogens with one attached hydrogen (secondary N) is 1. The molecule has 3 amide bonds. The van der Waals surface area contributed by atoms with Crippen molar-refractivity contribution < 1.29 is 19.4 Å². The Bertz CT molecular complexity index is 598. The Balaban J connectivity index is 1.94. The molecule has 6 nitrogen and oxygen atoms in total. The highest BCUT2D eigenvalue weighted by Crippen LogP contribution is 2.20. The minimum atomic E-state index is -0.941. The summed E-state index contributed by atoms with van der Waals surface area (Å²) in [6, 6.07) is 5.32. The van der Waals surface area contributed by atoms with Crippen molar-refractivity contribution in [2.75, 3.05) is 13.2 Å². The third-order valence-corrected chi connectivity index (χ3v) is 3.61. The molecule has 2 N–H and O–H groups in total. The maximum absolute atomic E-state index is 12.0. The number of carbonyl (C=O) groups is 2. The van der Waals surface area contributed by atoms with Crippen LogP contribution in [-0.2, 0) is 4.79 Å². The molecule has 0 bridgehead atoms. The highest BCUT2D eigenvalue weighted by atomic mass is 16.5. The van der Waals surface area contributed by atoms with Crippen molar-refractivity contribution in [3.63, 3.8) is 0 Å². The number of aliphatic hydroxyl groups excluding tert-OH is 1. The minimum Gasteiger partial charge on any atom is -0.491 e. The molecular formula is C16H22N2O4. The van der Waals surface area contributed by atoms with Crippen molar-refractivity contribution >= 4 is 11.9 Å². The fourth-order valence-electron chi connectivity index (χ4n) is 2.30. The van der Waals surface area contributed by atoms with Crippen molar-refractivity contribution in [2.24, 2.45) is 0 Å². The van der Waals surface area contributed by atoms with E-state index in [0.717, 1.165) is 16.0 Å². The van der Waals surface area contributed by atoms with Crippen molar-refractivity contribution in [1.82, 2.24) is 10.2 Å². The fraction of sp³-hybridized carbons (Fsp3) is 0.500. The molecule has 0 radical (unpaired) electrons. The average molecular weight is 306 g/mol. The zero-order valence-corrected chi connectivity index (χ0v) is 13.3. The van der Waals surface area contributed by atoms with Crippen LogP contribution in [0, 0.1) is 13.8 Å². The minimum absolute atomic E-state index is 0.0157.